The van der Waals surface area contributed by atoms with Gasteiger partial charge in [-0.1, -0.05) is 24.3 Å². The minimum absolute atomic E-state index is 0.0960. The largest absolute Gasteiger partial charge is 0.452 e. The molecule has 2 aromatic carbocycles. The van der Waals surface area contributed by atoms with Crippen molar-refractivity contribution in [3.63, 3.8) is 0 Å². The highest BCUT2D eigenvalue weighted by Crippen LogP contribution is 2.33. The Hall–Kier alpha value is -3.49. The summed E-state index contributed by atoms with van der Waals surface area (Å²) in [6.45, 7) is 2.59. The smallest absolute Gasteiger partial charge is 0.348 e. The molecule has 0 radical (unpaired) electrons. The highest BCUT2D eigenvalue weighted by atomic mass is 16.5. The van der Waals surface area contributed by atoms with Crippen LogP contribution in [0.2, 0.25) is 0 Å². The molecule has 0 aliphatic heterocycles. The SMILES string of the molecule is COCCn1c(=O)nc(-c2ccc(NC(=O)C(C)N(C)C)cc2)c2oc3ccccc3c21. The van der Waals surface area contributed by atoms with Crippen molar-refractivity contribution >= 4 is 33.7 Å². The Kier molecular flexibility index (Phi) is 6.07. The van der Waals surface area contributed by atoms with Crippen LogP contribution in [0.3, 0.4) is 0 Å². The van der Waals surface area contributed by atoms with Crippen molar-refractivity contribution in [2.45, 2.75) is 19.5 Å². The third kappa shape index (κ3) is 4.02. The number of furan rings is 1. The number of nitrogens with zero attached hydrogens (tertiary/aromatic N) is 3. The molecule has 0 fully saturated rings. The molecule has 0 aliphatic carbocycles. The lowest BCUT2D eigenvalue weighted by Gasteiger charge is -2.19. The van der Waals surface area contributed by atoms with E-state index in [1.54, 1.807) is 23.8 Å². The third-order valence-corrected chi connectivity index (χ3v) is 5.59. The molecule has 0 saturated carbocycles. The number of ether oxygens (including phenoxy) is 1. The molecule has 0 aliphatic rings. The van der Waals surface area contributed by atoms with Gasteiger partial charge in [-0.05, 0) is 45.3 Å². The van der Waals surface area contributed by atoms with Crippen molar-refractivity contribution in [1.82, 2.24) is 14.5 Å². The summed E-state index contributed by atoms with van der Waals surface area (Å²) in [6.07, 6.45) is 0. The van der Waals surface area contributed by atoms with E-state index in [1.165, 1.54) is 0 Å². The summed E-state index contributed by atoms with van der Waals surface area (Å²) in [4.78, 5) is 31.4. The zero-order chi connectivity index (χ0) is 22.8. The summed E-state index contributed by atoms with van der Waals surface area (Å²) in [7, 11) is 5.30. The number of methoxy groups -OCH3 is 1. The van der Waals surface area contributed by atoms with Gasteiger partial charge in [0.1, 0.15) is 16.8 Å². The summed E-state index contributed by atoms with van der Waals surface area (Å²) in [6, 6.07) is 14.6. The van der Waals surface area contributed by atoms with Crippen LogP contribution in [0.25, 0.3) is 33.3 Å². The van der Waals surface area contributed by atoms with E-state index in [0.717, 1.165) is 10.9 Å². The summed E-state index contributed by atoms with van der Waals surface area (Å²) >= 11 is 0. The fourth-order valence-corrected chi connectivity index (χ4v) is 3.54. The van der Waals surface area contributed by atoms with Crippen molar-refractivity contribution in [3.8, 4) is 11.3 Å². The zero-order valence-corrected chi connectivity index (χ0v) is 18.6. The number of anilines is 1. The molecule has 4 rings (SSSR count). The van der Waals surface area contributed by atoms with Crippen molar-refractivity contribution in [2.75, 3.05) is 33.1 Å². The monoisotopic (exact) mass is 434 g/mol. The average molecular weight is 434 g/mol. The van der Waals surface area contributed by atoms with Crippen molar-refractivity contribution in [2.24, 2.45) is 0 Å². The molecule has 2 heterocycles. The minimum Gasteiger partial charge on any atom is -0.452 e. The highest BCUT2D eigenvalue weighted by molar-refractivity contribution is 6.06. The van der Waals surface area contributed by atoms with Crippen LogP contribution in [0.5, 0.6) is 0 Å². The molecular formula is C24H26N4O4. The molecule has 1 atom stereocenters. The van der Waals surface area contributed by atoms with Crippen molar-refractivity contribution < 1.29 is 13.9 Å². The standard InChI is InChI=1S/C24H26N4O4/c1-15(27(2)3)23(29)25-17-11-9-16(10-12-17)20-22-21(18-7-5-6-8-19(18)32-22)28(13-14-31-4)24(30)26-20/h5-12,15H,13-14H2,1-4H3,(H,25,29). The van der Waals surface area contributed by atoms with Gasteiger partial charge in [-0.25, -0.2) is 4.79 Å². The van der Waals surface area contributed by atoms with Gasteiger partial charge >= 0.3 is 5.69 Å². The van der Waals surface area contributed by atoms with E-state index in [4.69, 9.17) is 9.15 Å². The molecule has 0 saturated heterocycles. The Morgan fingerprint density at radius 2 is 1.91 bits per heavy atom. The number of aromatic nitrogens is 2. The van der Waals surface area contributed by atoms with E-state index in [0.29, 0.717) is 41.2 Å². The number of benzene rings is 2. The Labute approximate surface area is 185 Å². The number of fused-ring (bicyclic) bond motifs is 3. The van der Waals surface area contributed by atoms with Crippen LogP contribution < -0.4 is 11.0 Å². The van der Waals surface area contributed by atoms with Crippen LogP contribution in [-0.4, -0.2) is 54.2 Å². The third-order valence-electron chi connectivity index (χ3n) is 5.59. The number of rotatable bonds is 7. The predicted octanol–water partition coefficient (Wildman–Crippen LogP) is 3.34. The van der Waals surface area contributed by atoms with Crippen LogP contribution in [-0.2, 0) is 16.1 Å². The Morgan fingerprint density at radius 1 is 1.19 bits per heavy atom. The topological polar surface area (TPSA) is 89.6 Å². The van der Waals surface area contributed by atoms with Gasteiger partial charge in [-0.2, -0.15) is 4.98 Å². The summed E-state index contributed by atoms with van der Waals surface area (Å²) in [5, 5.41) is 3.75. The van der Waals surface area contributed by atoms with Gasteiger partial charge in [-0.3, -0.25) is 14.3 Å². The van der Waals surface area contributed by atoms with Crippen LogP contribution in [0.1, 0.15) is 6.92 Å². The maximum absolute atomic E-state index is 12.9. The number of nitrogens with one attached hydrogen (secondary N) is 1. The second-order valence-electron chi connectivity index (χ2n) is 7.87. The molecule has 32 heavy (non-hydrogen) atoms. The number of carbonyl (C=O) groups is 1. The van der Waals surface area contributed by atoms with Gasteiger partial charge in [0.05, 0.1) is 19.2 Å². The summed E-state index contributed by atoms with van der Waals surface area (Å²) in [5.74, 6) is -0.0960. The fourth-order valence-electron chi connectivity index (χ4n) is 3.54. The molecule has 4 aromatic rings. The number of hydrogen-bond donors (Lipinski definition) is 1. The van der Waals surface area contributed by atoms with Gasteiger partial charge in [-0.15, -0.1) is 0 Å². The Morgan fingerprint density at radius 3 is 2.59 bits per heavy atom. The first-order chi connectivity index (χ1) is 15.4. The maximum atomic E-state index is 12.9. The van der Waals surface area contributed by atoms with E-state index in [-0.39, 0.29) is 17.6 Å². The predicted molar refractivity (Wildman–Crippen MR) is 125 cm³/mol. The van der Waals surface area contributed by atoms with Crippen LogP contribution >= 0.6 is 0 Å². The molecule has 8 nitrogen and oxygen atoms in total. The average Bonchev–Trinajstić information content (AvgIpc) is 3.17. The van der Waals surface area contributed by atoms with E-state index in [2.05, 4.69) is 10.3 Å². The summed E-state index contributed by atoms with van der Waals surface area (Å²) < 4.78 is 12.9. The summed E-state index contributed by atoms with van der Waals surface area (Å²) in [5.41, 5.74) is 3.42. The fraction of sp³-hybridized carbons (Fsp3) is 0.292. The maximum Gasteiger partial charge on any atom is 0.348 e. The number of para-hydroxylation sites is 1. The minimum atomic E-state index is -0.367. The Bertz CT molecular complexity index is 1320. The van der Waals surface area contributed by atoms with E-state index >= 15 is 0 Å². The quantitative estimate of drug-likeness (QED) is 0.480. The molecule has 0 spiro atoms. The number of amides is 1. The molecule has 166 valence electrons. The highest BCUT2D eigenvalue weighted by Gasteiger charge is 2.20. The van der Waals surface area contributed by atoms with E-state index in [1.807, 2.05) is 62.3 Å². The first kappa shape index (κ1) is 21.7. The number of likely N-dealkylation sites (N-methyl/N-ethyl adjacent to an activating group) is 1. The van der Waals surface area contributed by atoms with E-state index < -0.39 is 0 Å². The van der Waals surface area contributed by atoms with Crippen LogP contribution in [0.4, 0.5) is 5.69 Å². The molecule has 8 heteroatoms. The number of hydrogen-bond acceptors (Lipinski definition) is 6. The van der Waals surface area contributed by atoms with Gasteiger partial charge in [0.25, 0.3) is 0 Å². The van der Waals surface area contributed by atoms with Crippen molar-refractivity contribution in [1.29, 1.82) is 0 Å². The van der Waals surface area contributed by atoms with Crippen LogP contribution in [0.15, 0.2) is 57.7 Å². The molecular weight excluding hydrogens is 408 g/mol. The Balaban J connectivity index is 1.78. The molecule has 1 N–H and O–H groups in total. The lowest BCUT2D eigenvalue weighted by Crippen LogP contribution is -2.37. The van der Waals surface area contributed by atoms with E-state index in [9.17, 15) is 9.59 Å². The normalized spacial score (nSPS) is 12.5. The molecule has 0 bridgehead atoms. The lowest BCUT2D eigenvalue weighted by molar-refractivity contribution is -0.119. The van der Waals surface area contributed by atoms with Gasteiger partial charge in [0, 0.05) is 23.7 Å². The molecule has 1 amide bonds. The van der Waals surface area contributed by atoms with Gasteiger partial charge in [0.15, 0.2) is 5.58 Å². The van der Waals surface area contributed by atoms with Gasteiger partial charge in [0.2, 0.25) is 5.91 Å². The molecule has 1 unspecified atom stereocenters. The first-order valence-electron chi connectivity index (χ1n) is 10.4. The second-order valence-corrected chi connectivity index (χ2v) is 7.87. The van der Waals surface area contributed by atoms with Gasteiger partial charge < -0.3 is 14.5 Å². The lowest BCUT2D eigenvalue weighted by atomic mass is 10.1. The second kappa shape index (κ2) is 8.94. The first-order valence-corrected chi connectivity index (χ1v) is 10.4. The molecule has 2 aromatic heterocycles. The zero-order valence-electron chi connectivity index (χ0n) is 18.6. The van der Waals surface area contributed by atoms with Crippen LogP contribution in [0, 0.1) is 0 Å². The van der Waals surface area contributed by atoms with Crippen molar-refractivity contribution in [3.05, 3.63) is 59.0 Å². The number of carbonyl (C=O) groups excluding carboxylic acids is 1.